The van der Waals surface area contributed by atoms with Crippen molar-refractivity contribution in [1.82, 2.24) is 9.47 Å². The average molecular weight is 493 g/mol. The Kier molecular flexibility index (Phi) is 7.48. The van der Waals surface area contributed by atoms with Gasteiger partial charge in [-0.05, 0) is 34.7 Å². The number of alkyl halides is 3. The molecule has 2 aromatic carbocycles. The van der Waals surface area contributed by atoms with Crippen LogP contribution in [0.15, 0.2) is 60.7 Å². The first-order valence-electron chi connectivity index (χ1n) is 10.8. The van der Waals surface area contributed by atoms with E-state index in [-0.39, 0.29) is 24.4 Å². The van der Waals surface area contributed by atoms with Gasteiger partial charge in [0, 0.05) is 24.2 Å². The summed E-state index contributed by atoms with van der Waals surface area (Å²) in [5, 5.41) is 10.4. The third-order valence-corrected chi connectivity index (χ3v) is 6.14. The fourth-order valence-electron chi connectivity index (χ4n) is 4.08. The van der Waals surface area contributed by atoms with E-state index < -0.39 is 29.2 Å². The number of amides is 1. The molecule has 0 fully saturated rings. The number of rotatable bonds is 6. The molecule has 1 heterocycles. The standard InChI is InChI=1S/C26H28ClF3N2O2/c1-25(2,3)22(16-33)31(4)24(34)23-20(18-10-12-19(27)13-11-18)14-21(26(28,29)30)32(23)15-17-8-6-5-7-9-17/h5-14,22,33H,15-16H2,1-4H3. The number of benzene rings is 2. The van der Waals surface area contributed by atoms with Gasteiger partial charge in [-0.15, -0.1) is 0 Å². The second-order valence-corrected chi connectivity index (χ2v) is 9.79. The van der Waals surface area contributed by atoms with Crippen LogP contribution in [0.25, 0.3) is 11.1 Å². The molecular weight excluding hydrogens is 465 g/mol. The van der Waals surface area contributed by atoms with Gasteiger partial charge < -0.3 is 14.6 Å². The maximum absolute atomic E-state index is 14.2. The van der Waals surface area contributed by atoms with E-state index in [9.17, 15) is 23.1 Å². The zero-order valence-corrected chi connectivity index (χ0v) is 20.3. The molecule has 0 aliphatic rings. The van der Waals surface area contributed by atoms with E-state index in [2.05, 4.69) is 0 Å². The summed E-state index contributed by atoms with van der Waals surface area (Å²) in [4.78, 5) is 15.1. The van der Waals surface area contributed by atoms with Crippen molar-refractivity contribution < 1.29 is 23.1 Å². The molecule has 8 heteroatoms. The number of aliphatic hydroxyl groups is 1. The van der Waals surface area contributed by atoms with Crippen molar-refractivity contribution in [2.45, 2.75) is 39.5 Å². The lowest BCUT2D eigenvalue weighted by molar-refractivity contribution is -0.143. The normalized spacial score (nSPS) is 13.1. The summed E-state index contributed by atoms with van der Waals surface area (Å²) in [5.74, 6) is -0.606. The van der Waals surface area contributed by atoms with Gasteiger partial charge in [-0.3, -0.25) is 4.79 Å². The minimum atomic E-state index is -4.69. The quantitative estimate of drug-likeness (QED) is 0.435. The molecule has 0 saturated heterocycles. The summed E-state index contributed by atoms with van der Waals surface area (Å²) >= 11 is 5.99. The highest BCUT2D eigenvalue weighted by Crippen LogP contribution is 2.39. The predicted octanol–water partition coefficient (Wildman–Crippen LogP) is 6.35. The summed E-state index contributed by atoms with van der Waals surface area (Å²) in [7, 11) is 1.51. The van der Waals surface area contributed by atoms with Crippen LogP contribution < -0.4 is 0 Å². The summed E-state index contributed by atoms with van der Waals surface area (Å²) in [5.41, 5.74) is -0.295. The molecule has 1 unspecified atom stereocenters. The molecule has 0 radical (unpaired) electrons. The Morgan fingerprint density at radius 2 is 1.65 bits per heavy atom. The Morgan fingerprint density at radius 1 is 1.06 bits per heavy atom. The SMILES string of the molecule is CN(C(=O)c1c(-c2ccc(Cl)cc2)cc(C(F)(F)F)n1Cc1ccccc1)C(CO)C(C)(C)C. The Hall–Kier alpha value is -2.77. The maximum atomic E-state index is 14.2. The maximum Gasteiger partial charge on any atom is 0.431 e. The number of aliphatic hydroxyl groups excluding tert-OH is 1. The smallest absolute Gasteiger partial charge is 0.394 e. The van der Waals surface area contributed by atoms with Crippen molar-refractivity contribution in [3.05, 3.63) is 82.6 Å². The van der Waals surface area contributed by atoms with Crippen LogP contribution in [0.3, 0.4) is 0 Å². The van der Waals surface area contributed by atoms with E-state index in [4.69, 9.17) is 11.6 Å². The summed E-state index contributed by atoms with van der Waals surface area (Å²) in [6.07, 6.45) is -4.69. The van der Waals surface area contributed by atoms with Gasteiger partial charge in [0.1, 0.15) is 11.4 Å². The summed E-state index contributed by atoms with van der Waals surface area (Å²) in [6, 6.07) is 15.4. The molecule has 182 valence electrons. The monoisotopic (exact) mass is 492 g/mol. The number of likely N-dealkylation sites (N-methyl/N-ethyl adjacent to an activating group) is 1. The fourth-order valence-corrected chi connectivity index (χ4v) is 4.21. The largest absolute Gasteiger partial charge is 0.431 e. The molecule has 3 rings (SSSR count). The third kappa shape index (κ3) is 5.47. The van der Waals surface area contributed by atoms with Gasteiger partial charge in [0.15, 0.2) is 0 Å². The number of carbonyl (C=O) groups is 1. The van der Waals surface area contributed by atoms with Crippen molar-refractivity contribution in [3.8, 4) is 11.1 Å². The van der Waals surface area contributed by atoms with Crippen LogP contribution in [-0.2, 0) is 12.7 Å². The second kappa shape index (κ2) is 9.84. The van der Waals surface area contributed by atoms with Crippen molar-refractivity contribution in [1.29, 1.82) is 0 Å². The van der Waals surface area contributed by atoms with Crippen LogP contribution in [0.4, 0.5) is 13.2 Å². The number of carbonyl (C=O) groups excluding carboxylic acids is 1. The minimum Gasteiger partial charge on any atom is -0.394 e. The fraction of sp³-hybridized carbons (Fsp3) is 0.346. The van der Waals surface area contributed by atoms with Gasteiger partial charge in [0.25, 0.3) is 5.91 Å². The Balaban J connectivity index is 2.28. The second-order valence-electron chi connectivity index (χ2n) is 9.35. The van der Waals surface area contributed by atoms with Crippen LogP contribution in [0.5, 0.6) is 0 Å². The van der Waals surface area contributed by atoms with Gasteiger partial charge >= 0.3 is 6.18 Å². The average Bonchev–Trinajstić information content (AvgIpc) is 3.13. The first-order chi connectivity index (χ1) is 15.8. The van der Waals surface area contributed by atoms with Crippen molar-refractivity contribution in [2.24, 2.45) is 5.41 Å². The molecule has 1 amide bonds. The Labute approximate surface area is 202 Å². The zero-order valence-electron chi connectivity index (χ0n) is 19.5. The molecule has 1 N–H and O–H groups in total. The lowest BCUT2D eigenvalue weighted by atomic mass is 9.86. The highest BCUT2D eigenvalue weighted by atomic mass is 35.5. The van der Waals surface area contributed by atoms with Crippen molar-refractivity contribution >= 4 is 17.5 Å². The van der Waals surface area contributed by atoms with E-state index in [1.165, 1.54) is 11.9 Å². The first-order valence-corrected chi connectivity index (χ1v) is 11.2. The van der Waals surface area contributed by atoms with Crippen LogP contribution >= 0.6 is 11.6 Å². The van der Waals surface area contributed by atoms with Gasteiger partial charge in [-0.2, -0.15) is 13.2 Å². The molecule has 0 aliphatic carbocycles. The summed E-state index contributed by atoms with van der Waals surface area (Å²) < 4.78 is 43.6. The highest BCUT2D eigenvalue weighted by Gasteiger charge is 2.40. The molecule has 34 heavy (non-hydrogen) atoms. The van der Waals surface area contributed by atoms with E-state index >= 15 is 0 Å². The molecule has 3 aromatic rings. The molecule has 1 atom stereocenters. The molecule has 1 aromatic heterocycles. The Bertz CT molecular complexity index is 1130. The van der Waals surface area contributed by atoms with Crippen molar-refractivity contribution in [3.63, 3.8) is 0 Å². The van der Waals surface area contributed by atoms with E-state index in [0.717, 1.165) is 10.6 Å². The number of nitrogens with zero attached hydrogens (tertiary/aromatic N) is 2. The molecular formula is C26H28ClF3N2O2. The molecule has 0 aliphatic heterocycles. The van der Waals surface area contributed by atoms with Crippen LogP contribution in [0.2, 0.25) is 5.02 Å². The van der Waals surface area contributed by atoms with E-state index in [0.29, 0.717) is 16.1 Å². The van der Waals surface area contributed by atoms with E-state index in [1.807, 2.05) is 20.8 Å². The molecule has 0 spiro atoms. The summed E-state index contributed by atoms with van der Waals surface area (Å²) in [6.45, 7) is 5.12. The van der Waals surface area contributed by atoms with Gasteiger partial charge in [0.2, 0.25) is 0 Å². The van der Waals surface area contributed by atoms with Crippen molar-refractivity contribution in [2.75, 3.05) is 13.7 Å². The van der Waals surface area contributed by atoms with Gasteiger partial charge in [-0.1, -0.05) is 74.8 Å². The number of hydrogen-bond acceptors (Lipinski definition) is 2. The first kappa shape index (κ1) is 25.8. The van der Waals surface area contributed by atoms with E-state index in [1.54, 1.807) is 54.6 Å². The zero-order chi connectivity index (χ0) is 25.3. The molecule has 4 nitrogen and oxygen atoms in total. The van der Waals surface area contributed by atoms with Gasteiger partial charge in [-0.25, -0.2) is 0 Å². The lowest BCUT2D eigenvalue weighted by Crippen LogP contribution is -2.48. The minimum absolute atomic E-state index is 0.0938. The van der Waals surface area contributed by atoms with Crippen LogP contribution in [0, 0.1) is 5.41 Å². The molecule has 0 saturated carbocycles. The lowest BCUT2D eigenvalue weighted by Gasteiger charge is -2.37. The third-order valence-electron chi connectivity index (χ3n) is 5.89. The van der Waals surface area contributed by atoms with Crippen LogP contribution in [-0.4, -0.2) is 40.2 Å². The number of aromatic nitrogens is 1. The van der Waals surface area contributed by atoms with Crippen LogP contribution in [0.1, 0.15) is 42.5 Å². The number of hydrogen-bond donors (Lipinski definition) is 1. The van der Waals surface area contributed by atoms with Gasteiger partial charge in [0.05, 0.1) is 12.6 Å². The topological polar surface area (TPSA) is 45.5 Å². The molecule has 0 bridgehead atoms. The Morgan fingerprint density at radius 3 is 2.15 bits per heavy atom. The highest BCUT2D eigenvalue weighted by molar-refractivity contribution is 6.30. The number of halogens is 4. The predicted molar refractivity (Wildman–Crippen MR) is 128 cm³/mol.